The average Bonchev–Trinajstić information content (AvgIpc) is 2.28. The van der Waals surface area contributed by atoms with Crippen molar-refractivity contribution in [3.8, 4) is 0 Å². The molecular weight excluding hydrogens is 154 g/mol. The summed E-state index contributed by atoms with van der Waals surface area (Å²) >= 11 is 1.70. The molecule has 0 aromatic heterocycles. The Morgan fingerprint density at radius 1 is 1.18 bits per heavy atom. The summed E-state index contributed by atoms with van der Waals surface area (Å²) in [6.07, 6.45) is 3.77. The van der Waals surface area contributed by atoms with Crippen LogP contribution < -0.4 is 0 Å². The van der Waals surface area contributed by atoms with Crippen LogP contribution in [0.4, 0.5) is 5.69 Å². The van der Waals surface area contributed by atoms with Gasteiger partial charge in [0, 0.05) is 11.1 Å². The first-order chi connectivity index (χ1) is 5.47. The molecule has 1 aromatic rings. The molecule has 1 nitrogen and oxygen atoms in total. The molecule has 0 fully saturated rings. The first-order valence-electron chi connectivity index (χ1n) is 3.42. The van der Waals surface area contributed by atoms with Crippen LogP contribution >= 0.6 is 11.8 Å². The second-order valence-electron chi connectivity index (χ2n) is 2.19. The topological polar surface area (TPSA) is 12.4 Å². The lowest BCUT2D eigenvalue weighted by Gasteiger charge is -1.97. The van der Waals surface area contributed by atoms with E-state index in [9.17, 15) is 0 Å². The van der Waals surface area contributed by atoms with Crippen LogP contribution in [-0.2, 0) is 0 Å². The van der Waals surface area contributed by atoms with Crippen LogP contribution in [0.3, 0.4) is 0 Å². The summed E-state index contributed by atoms with van der Waals surface area (Å²) in [6, 6.07) is 8.13. The van der Waals surface area contributed by atoms with E-state index in [0.29, 0.717) is 0 Å². The second-order valence-corrected chi connectivity index (χ2v) is 3.14. The number of benzene rings is 1. The fraction of sp³-hybridized carbons (Fsp3) is 0. The molecule has 1 aliphatic heterocycles. The van der Waals surface area contributed by atoms with Crippen molar-refractivity contribution >= 4 is 23.7 Å². The van der Waals surface area contributed by atoms with E-state index in [0.717, 1.165) is 5.69 Å². The number of hydrogen-bond donors (Lipinski definition) is 0. The van der Waals surface area contributed by atoms with Gasteiger partial charge in [0.1, 0.15) is 0 Å². The quantitative estimate of drug-likeness (QED) is 0.569. The van der Waals surface area contributed by atoms with E-state index in [1.165, 1.54) is 4.90 Å². The Hall–Kier alpha value is -1.02. The van der Waals surface area contributed by atoms with Crippen molar-refractivity contribution in [2.24, 2.45) is 4.99 Å². The highest BCUT2D eigenvalue weighted by Crippen LogP contribution is 2.30. The first-order valence-corrected chi connectivity index (χ1v) is 4.30. The molecule has 0 bridgehead atoms. The van der Waals surface area contributed by atoms with Gasteiger partial charge in [-0.1, -0.05) is 23.9 Å². The summed E-state index contributed by atoms with van der Waals surface area (Å²) in [7, 11) is 0. The van der Waals surface area contributed by atoms with Gasteiger partial charge < -0.3 is 0 Å². The van der Waals surface area contributed by atoms with Gasteiger partial charge in [0.25, 0.3) is 0 Å². The van der Waals surface area contributed by atoms with Crippen molar-refractivity contribution in [2.75, 3.05) is 0 Å². The van der Waals surface area contributed by atoms with E-state index in [1.807, 2.05) is 35.9 Å². The highest BCUT2D eigenvalue weighted by Gasteiger charge is 1.98. The first kappa shape index (κ1) is 6.68. The van der Waals surface area contributed by atoms with Crippen LogP contribution in [0.25, 0.3) is 0 Å². The van der Waals surface area contributed by atoms with E-state index in [2.05, 4.69) is 11.1 Å². The molecule has 1 aromatic carbocycles. The minimum atomic E-state index is 1.06. The SMILES string of the molecule is C1=CSc2ccccc2N=C1. The van der Waals surface area contributed by atoms with Gasteiger partial charge in [-0.05, 0) is 23.6 Å². The summed E-state index contributed by atoms with van der Waals surface area (Å²) < 4.78 is 0. The van der Waals surface area contributed by atoms with Crippen molar-refractivity contribution < 1.29 is 0 Å². The van der Waals surface area contributed by atoms with Gasteiger partial charge in [0.15, 0.2) is 0 Å². The number of nitrogens with zero attached hydrogens (tertiary/aromatic N) is 1. The van der Waals surface area contributed by atoms with Crippen molar-refractivity contribution in [3.05, 3.63) is 35.7 Å². The molecule has 0 unspecified atom stereocenters. The van der Waals surface area contributed by atoms with E-state index < -0.39 is 0 Å². The lowest BCUT2D eigenvalue weighted by Crippen LogP contribution is -1.68. The lowest BCUT2D eigenvalue weighted by molar-refractivity contribution is 1.39. The summed E-state index contributed by atoms with van der Waals surface area (Å²) in [5.41, 5.74) is 1.06. The van der Waals surface area contributed by atoms with E-state index >= 15 is 0 Å². The molecule has 0 atom stereocenters. The molecule has 11 heavy (non-hydrogen) atoms. The number of para-hydroxylation sites is 1. The van der Waals surface area contributed by atoms with Crippen molar-refractivity contribution in [1.29, 1.82) is 0 Å². The summed E-state index contributed by atoms with van der Waals surface area (Å²) in [5.74, 6) is 0. The van der Waals surface area contributed by atoms with E-state index in [1.54, 1.807) is 11.8 Å². The number of aliphatic imine (C=N–C) groups is 1. The number of allylic oxidation sites excluding steroid dienone is 1. The van der Waals surface area contributed by atoms with Crippen LogP contribution in [0.1, 0.15) is 0 Å². The average molecular weight is 161 g/mol. The molecule has 0 aliphatic carbocycles. The third-order valence-electron chi connectivity index (χ3n) is 1.44. The van der Waals surface area contributed by atoms with Crippen molar-refractivity contribution in [1.82, 2.24) is 0 Å². The van der Waals surface area contributed by atoms with Crippen LogP contribution in [0.2, 0.25) is 0 Å². The summed E-state index contributed by atoms with van der Waals surface area (Å²) in [4.78, 5) is 5.47. The Labute approximate surface area is 69.8 Å². The van der Waals surface area contributed by atoms with Gasteiger partial charge in [-0.15, -0.1) is 0 Å². The Balaban J connectivity index is 2.52. The molecule has 0 spiro atoms. The molecule has 0 amide bonds. The molecule has 0 saturated heterocycles. The smallest absolute Gasteiger partial charge is 0.0768 e. The summed E-state index contributed by atoms with van der Waals surface area (Å²) in [5, 5.41) is 2.04. The van der Waals surface area contributed by atoms with Crippen molar-refractivity contribution in [3.63, 3.8) is 0 Å². The van der Waals surface area contributed by atoms with Crippen LogP contribution in [0.5, 0.6) is 0 Å². The lowest BCUT2D eigenvalue weighted by atomic mass is 10.3. The van der Waals surface area contributed by atoms with Gasteiger partial charge in [0.2, 0.25) is 0 Å². The Kier molecular flexibility index (Phi) is 1.78. The highest BCUT2D eigenvalue weighted by molar-refractivity contribution is 8.02. The predicted octanol–water partition coefficient (Wildman–Crippen LogP) is 3.01. The van der Waals surface area contributed by atoms with Gasteiger partial charge >= 0.3 is 0 Å². The van der Waals surface area contributed by atoms with Crippen molar-refractivity contribution in [2.45, 2.75) is 4.90 Å². The van der Waals surface area contributed by atoms with Gasteiger partial charge in [-0.25, -0.2) is 0 Å². The Morgan fingerprint density at radius 2 is 2.09 bits per heavy atom. The Bertz CT molecular complexity index is 315. The highest BCUT2D eigenvalue weighted by atomic mass is 32.2. The predicted molar refractivity (Wildman–Crippen MR) is 49.6 cm³/mol. The standard InChI is InChI=1S/C9H7NS/c1-2-5-9-8(4-1)10-6-3-7-11-9/h1-7H. The molecule has 0 N–H and O–H groups in total. The largest absolute Gasteiger partial charge is 0.256 e. The zero-order chi connectivity index (χ0) is 7.52. The van der Waals surface area contributed by atoms with E-state index in [4.69, 9.17) is 0 Å². The number of thioether (sulfide) groups is 1. The number of fused-ring (bicyclic) bond motifs is 1. The van der Waals surface area contributed by atoms with Crippen LogP contribution in [0.15, 0.2) is 45.6 Å². The van der Waals surface area contributed by atoms with E-state index in [-0.39, 0.29) is 0 Å². The molecule has 0 radical (unpaired) electrons. The zero-order valence-corrected chi connectivity index (χ0v) is 6.71. The molecule has 2 heteroatoms. The molecule has 0 saturated carbocycles. The summed E-state index contributed by atoms with van der Waals surface area (Å²) in [6.45, 7) is 0. The number of hydrogen-bond acceptors (Lipinski definition) is 2. The minimum Gasteiger partial charge on any atom is -0.256 e. The number of rotatable bonds is 0. The molecule has 1 heterocycles. The van der Waals surface area contributed by atoms with Gasteiger partial charge in [-0.2, -0.15) is 0 Å². The third kappa shape index (κ3) is 1.35. The molecular formula is C9H7NS. The normalized spacial score (nSPS) is 14.2. The molecule has 1 aliphatic rings. The maximum atomic E-state index is 4.25. The molecule has 54 valence electrons. The maximum absolute atomic E-state index is 4.25. The maximum Gasteiger partial charge on any atom is 0.0768 e. The fourth-order valence-corrected chi connectivity index (χ4v) is 1.63. The minimum absolute atomic E-state index is 1.06. The zero-order valence-electron chi connectivity index (χ0n) is 5.90. The second kappa shape index (κ2) is 2.93. The Morgan fingerprint density at radius 3 is 3.09 bits per heavy atom. The van der Waals surface area contributed by atoms with Gasteiger partial charge in [-0.3, -0.25) is 4.99 Å². The van der Waals surface area contributed by atoms with Gasteiger partial charge in [0.05, 0.1) is 5.69 Å². The fourth-order valence-electron chi connectivity index (χ4n) is 0.935. The third-order valence-corrected chi connectivity index (χ3v) is 2.33. The molecule has 2 rings (SSSR count). The monoisotopic (exact) mass is 161 g/mol. The van der Waals surface area contributed by atoms with Crippen LogP contribution in [0, 0.1) is 0 Å². The van der Waals surface area contributed by atoms with Crippen LogP contribution in [-0.4, -0.2) is 6.21 Å².